The minimum Gasteiger partial charge on any atom is -0.378 e. The summed E-state index contributed by atoms with van der Waals surface area (Å²) in [6, 6.07) is 21.6. The van der Waals surface area contributed by atoms with E-state index in [0.717, 1.165) is 44.3 Å². The van der Waals surface area contributed by atoms with Crippen LogP contribution in [0.5, 0.6) is 0 Å². The number of benzene rings is 2. The van der Waals surface area contributed by atoms with Crippen LogP contribution in [0.2, 0.25) is 0 Å². The van der Waals surface area contributed by atoms with Crippen LogP contribution in [-0.2, 0) is 11.3 Å². The maximum atomic E-state index is 13.0. The zero-order chi connectivity index (χ0) is 28.4. The molecule has 10 heteroatoms. The zero-order valence-electron chi connectivity index (χ0n) is 22.3. The third-order valence-corrected chi connectivity index (χ3v) is 7.21. The summed E-state index contributed by atoms with van der Waals surface area (Å²) in [5.41, 5.74) is 6.91. The lowest BCUT2D eigenvalue weighted by Crippen LogP contribution is -2.43. The number of carbonyl (C=O) groups excluding carboxylic acids is 1. The van der Waals surface area contributed by atoms with E-state index in [1.54, 1.807) is 12.1 Å². The molecule has 5 rings (SSSR count). The summed E-state index contributed by atoms with van der Waals surface area (Å²) in [6.07, 6.45) is -2.40. The molecule has 1 amide bonds. The largest absolute Gasteiger partial charge is 0.471 e. The van der Waals surface area contributed by atoms with Crippen molar-refractivity contribution in [3.8, 4) is 28.5 Å². The number of amides is 1. The van der Waals surface area contributed by atoms with Gasteiger partial charge in [0, 0.05) is 64.3 Å². The standard InChI is InChI=1S/C30H29F3N6O/c1-36(2)25-11-8-22(9-12-25)24-10-13-27-35-28(23-6-4-21(18-34)5-7-23)26(39(27)19-24)20-37-14-3-15-38(17-16-37)29(40)30(31,32)33/h4-13,19H,3,14-17,20H2,1-2H3. The molecule has 1 aliphatic heterocycles. The highest BCUT2D eigenvalue weighted by molar-refractivity contribution is 5.81. The molecule has 206 valence electrons. The SMILES string of the molecule is CN(C)c1ccc(-c2ccc3nc(-c4ccc(C#N)cc4)c(CN4CCCN(C(=O)C(F)(F)F)CC4)n3c2)cc1. The van der Waals surface area contributed by atoms with E-state index in [-0.39, 0.29) is 13.1 Å². The summed E-state index contributed by atoms with van der Waals surface area (Å²) in [5.74, 6) is -1.78. The summed E-state index contributed by atoms with van der Waals surface area (Å²) in [4.78, 5) is 21.7. The molecule has 7 nitrogen and oxygen atoms in total. The average molecular weight is 547 g/mol. The molecule has 0 spiro atoms. The summed E-state index contributed by atoms with van der Waals surface area (Å²) in [5, 5.41) is 9.23. The van der Waals surface area contributed by atoms with E-state index < -0.39 is 12.1 Å². The van der Waals surface area contributed by atoms with Crippen LogP contribution in [0.1, 0.15) is 17.7 Å². The van der Waals surface area contributed by atoms with E-state index >= 15 is 0 Å². The van der Waals surface area contributed by atoms with Crippen LogP contribution in [0.15, 0.2) is 66.9 Å². The molecule has 0 N–H and O–H groups in total. The van der Waals surface area contributed by atoms with Gasteiger partial charge in [0.2, 0.25) is 0 Å². The number of aromatic nitrogens is 2. The molecular formula is C30H29F3N6O. The van der Waals surface area contributed by atoms with Crippen LogP contribution in [-0.4, -0.2) is 71.5 Å². The second-order valence-electron chi connectivity index (χ2n) is 10.1. The number of imidazole rings is 1. The number of hydrogen-bond acceptors (Lipinski definition) is 5. The molecule has 1 saturated heterocycles. The number of carbonyl (C=O) groups is 1. The van der Waals surface area contributed by atoms with Gasteiger partial charge >= 0.3 is 12.1 Å². The maximum Gasteiger partial charge on any atom is 0.471 e. The van der Waals surface area contributed by atoms with Gasteiger partial charge in [-0.05, 0) is 53.9 Å². The fraction of sp³-hybridized carbons (Fsp3) is 0.300. The average Bonchev–Trinajstić information content (AvgIpc) is 3.13. The first-order valence-electron chi connectivity index (χ1n) is 13.0. The molecule has 2 aromatic carbocycles. The Hall–Kier alpha value is -4.36. The monoisotopic (exact) mass is 546 g/mol. The quantitative estimate of drug-likeness (QED) is 0.344. The summed E-state index contributed by atoms with van der Waals surface area (Å²) in [7, 11) is 3.98. The Morgan fingerprint density at radius 3 is 2.25 bits per heavy atom. The number of halogens is 3. The van der Waals surface area contributed by atoms with E-state index in [1.807, 2.05) is 53.9 Å². The number of rotatable bonds is 5. The third kappa shape index (κ3) is 5.65. The predicted octanol–water partition coefficient (Wildman–Crippen LogP) is 5.20. The second kappa shape index (κ2) is 11.0. The molecule has 0 bridgehead atoms. The topological polar surface area (TPSA) is 67.9 Å². The molecule has 40 heavy (non-hydrogen) atoms. The summed E-state index contributed by atoms with van der Waals surface area (Å²) < 4.78 is 41.1. The molecule has 0 saturated carbocycles. The molecule has 3 heterocycles. The van der Waals surface area contributed by atoms with Crippen molar-refractivity contribution in [3.05, 3.63) is 78.1 Å². The van der Waals surface area contributed by atoms with Gasteiger partial charge in [0.15, 0.2) is 0 Å². The van der Waals surface area contributed by atoms with Crippen LogP contribution >= 0.6 is 0 Å². The maximum absolute atomic E-state index is 13.0. The first-order chi connectivity index (χ1) is 19.1. The Morgan fingerprint density at radius 1 is 0.925 bits per heavy atom. The lowest BCUT2D eigenvalue weighted by Gasteiger charge is -2.23. The van der Waals surface area contributed by atoms with E-state index in [4.69, 9.17) is 4.98 Å². The summed E-state index contributed by atoms with van der Waals surface area (Å²) in [6.45, 7) is 1.37. The Morgan fingerprint density at radius 2 is 1.60 bits per heavy atom. The third-order valence-electron chi connectivity index (χ3n) is 7.21. The first kappa shape index (κ1) is 27.2. The first-order valence-corrected chi connectivity index (χ1v) is 13.0. The fourth-order valence-corrected chi connectivity index (χ4v) is 5.02. The van der Waals surface area contributed by atoms with Gasteiger partial charge in [-0.2, -0.15) is 18.4 Å². The molecule has 0 atom stereocenters. The predicted molar refractivity (Wildman–Crippen MR) is 148 cm³/mol. The van der Waals surface area contributed by atoms with Crippen LogP contribution in [0.4, 0.5) is 18.9 Å². The van der Waals surface area contributed by atoms with Gasteiger partial charge in [-0.3, -0.25) is 9.69 Å². The lowest BCUT2D eigenvalue weighted by atomic mass is 10.1. The van der Waals surface area contributed by atoms with Crippen molar-refractivity contribution in [2.24, 2.45) is 0 Å². The van der Waals surface area contributed by atoms with Gasteiger partial charge in [-0.15, -0.1) is 0 Å². The number of nitrogens with zero attached hydrogens (tertiary/aromatic N) is 6. The number of alkyl halides is 3. The van der Waals surface area contributed by atoms with Crippen molar-refractivity contribution in [1.82, 2.24) is 19.2 Å². The molecule has 1 fully saturated rings. The normalized spacial score (nSPS) is 14.7. The number of fused-ring (bicyclic) bond motifs is 1. The lowest BCUT2D eigenvalue weighted by molar-refractivity contribution is -0.185. The fourth-order valence-electron chi connectivity index (χ4n) is 5.02. The second-order valence-corrected chi connectivity index (χ2v) is 10.1. The smallest absolute Gasteiger partial charge is 0.378 e. The van der Waals surface area contributed by atoms with Crippen molar-refractivity contribution in [3.63, 3.8) is 0 Å². The van der Waals surface area contributed by atoms with E-state index in [0.29, 0.717) is 31.6 Å². The van der Waals surface area contributed by atoms with Gasteiger partial charge in [0.05, 0.1) is 23.0 Å². The summed E-state index contributed by atoms with van der Waals surface area (Å²) >= 11 is 0. The van der Waals surface area contributed by atoms with E-state index in [2.05, 4.69) is 35.2 Å². The Kier molecular flexibility index (Phi) is 7.50. The number of pyridine rings is 1. The number of anilines is 1. The molecule has 1 aliphatic rings. The Bertz CT molecular complexity index is 1550. The van der Waals surface area contributed by atoms with E-state index in [1.165, 1.54) is 0 Å². The van der Waals surface area contributed by atoms with Gasteiger partial charge in [-0.25, -0.2) is 4.98 Å². The van der Waals surface area contributed by atoms with Gasteiger partial charge in [0.1, 0.15) is 5.65 Å². The van der Waals surface area contributed by atoms with Crippen molar-refractivity contribution in [2.45, 2.75) is 19.1 Å². The van der Waals surface area contributed by atoms with Crippen LogP contribution in [0.25, 0.3) is 28.0 Å². The van der Waals surface area contributed by atoms with Crippen LogP contribution in [0.3, 0.4) is 0 Å². The zero-order valence-corrected chi connectivity index (χ0v) is 22.3. The Labute approximate surface area is 230 Å². The molecule has 2 aromatic heterocycles. The highest BCUT2D eigenvalue weighted by Gasteiger charge is 2.42. The minimum atomic E-state index is -4.87. The molecule has 0 unspecified atom stereocenters. The Balaban J connectivity index is 1.51. The van der Waals surface area contributed by atoms with Crippen LogP contribution < -0.4 is 4.90 Å². The highest BCUT2D eigenvalue weighted by Crippen LogP contribution is 2.30. The highest BCUT2D eigenvalue weighted by atomic mass is 19.4. The molecular weight excluding hydrogens is 517 g/mol. The minimum absolute atomic E-state index is 0.00472. The van der Waals surface area contributed by atoms with E-state index in [9.17, 15) is 23.2 Å². The number of hydrogen-bond donors (Lipinski definition) is 0. The van der Waals surface area contributed by atoms with Gasteiger partial charge in [-0.1, -0.05) is 24.3 Å². The molecule has 0 radical (unpaired) electrons. The van der Waals surface area contributed by atoms with Crippen molar-refractivity contribution in [1.29, 1.82) is 5.26 Å². The van der Waals surface area contributed by atoms with Gasteiger partial charge < -0.3 is 14.2 Å². The molecule has 0 aliphatic carbocycles. The van der Waals surface area contributed by atoms with Crippen molar-refractivity contribution < 1.29 is 18.0 Å². The van der Waals surface area contributed by atoms with Crippen molar-refractivity contribution in [2.75, 3.05) is 45.2 Å². The molecule has 4 aromatic rings. The number of nitriles is 1. The van der Waals surface area contributed by atoms with Crippen molar-refractivity contribution >= 4 is 17.2 Å². The van der Waals surface area contributed by atoms with Crippen LogP contribution in [0, 0.1) is 11.3 Å². The van der Waals surface area contributed by atoms with Gasteiger partial charge in [0.25, 0.3) is 0 Å².